The minimum absolute atomic E-state index is 0.0256. The fourth-order valence-electron chi connectivity index (χ4n) is 2.68. The Morgan fingerprint density at radius 2 is 1.54 bits per heavy atom. The van der Waals surface area contributed by atoms with E-state index in [0.29, 0.717) is 18.8 Å². The highest BCUT2D eigenvalue weighted by Gasteiger charge is 2.25. The lowest BCUT2D eigenvalue weighted by molar-refractivity contribution is 0.318. The van der Waals surface area contributed by atoms with E-state index in [1.807, 2.05) is 42.3 Å². The molecule has 26 heavy (non-hydrogen) atoms. The van der Waals surface area contributed by atoms with E-state index < -0.39 is 9.84 Å². The minimum atomic E-state index is -3.55. The molecule has 0 radical (unpaired) electrons. The average Bonchev–Trinajstić information content (AvgIpc) is 2.65. The Labute approximate surface area is 155 Å². The molecule has 2 rings (SSSR count). The Hall–Kier alpha value is -2.25. The van der Waals surface area contributed by atoms with Crippen LogP contribution in [0.3, 0.4) is 0 Å². The summed E-state index contributed by atoms with van der Waals surface area (Å²) in [6.45, 7) is 1.08. The Morgan fingerprint density at radius 1 is 0.885 bits per heavy atom. The minimum Gasteiger partial charge on any atom is -0.493 e. The molecule has 0 fully saturated rings. The van der Waals surface area contributed by atoms with Crippen molar-refractivity contribution in [3.8, 4) is 17.2 Å². The van der Waals surface area contributed by atoms with Gasteiger partial charge >= 0.3 is 0 Å². The molecule has 0 N–H and O–H groups in total. The van der Waals surface area contributed by atoms with Crippen LogP contribution < -0.4 is 14.2 Å². The summed E-state index contributed by atoms with van der Waals surface area (Å²) in [5.41, 5.74) is 1.14. The van der Waals surface area contributed by atoms with Crippen LogP contribution in [0, 0.1) is 0 Å². The zero-order valence-electron chi connectivity index (χ0n) is 15.6. The van der Waals surface area contributed by atoms with Gasteiger partial charge in [0.15, 0.2) is 21.3 Å². The van der Waals surface area contributed by atoms with E-state index in [1.165, 1.54) is 27.4 Å². The van der Waals surface area contributed by atoms with E-state index in [4.69, 9.17) is 14.2 Å². The van der Waals surface area contributed by atoms with Crippen LogP contribution in [-0.4, -0.2) is 54.0 Å². The van der Waals surface area contributed by atoms with E-state index in [2.05, 4.69) is 0 Å². The van der Waals surface area contributed by atoms with Crippen molar-refractivity contribution in [2.45, 2.75) is 11.4 Å². The van der Waals surface area contributed by atoms with Crippen molar-refractivity contribution in [3.63, 3.8) is 0 Å². The van der Waals surface area contributed by atoms with Gasteiger partial charge in [-0.3, -0.25) is 0 Å². The summed E-state index contributed by atoms with van der Waals surface area (Å²) in [4.78, 5) is 2.07. The number of sulfone groups is 1. The smallest absolute Gasteiger partial charge is 0.204 e. The van der Waals surface area contributed by atoms with Crippen LogP contribution in [0.15, 0.2) is 47.4 Å². The SMILES string of the molecule is COc1ccc(S(=O)(=O)CCN(C)Cc2ccccc2)c(OC)c1OC. The zero-order chi connectivity index (χ0) is 19.2. The fraction of sp³-hybridized carbons (Fsp3) is 0.368. The van der Waals surface area contributed by atoms with Crippen molar-refractivity contribution in [3.05, 3.63) is 48.0 Å². The van der Waals surface area contributed by atoms with Crippen LogP contribution in [0.2, 0.25) is 0 Å². The Morgan fingerprint density at radius 3 is 2.12 bits per heavy atom. The molecule has 142 valence electrons. The van der Waals surface area contributed by atoms with Crippen LogP contribution in [0.5, 0.6) is 17.2 Å². The van der Waals surface area contributed by atoms with Crippen molar-refractivity contribution < 1.29 is 22.6 Å². The molecule has 0 amide bonds. The molecule has 0 spiro atoms. The van der Waals surface area contributed by atoms with Crippen LogP contribution in [0.1, 0.15) is 5.56 Å². The van der Waals surface area contributed by atoms with Crippen LogP contribution >= 0.6 is 0 Å². The van der Waals surface area contributed by atoms with Gasteiger partial charge in [-0.2, -0.15) is 0 Å². The second kappa shape index (κ2) is 8.91. The molecule has 0 saturated carbocycles. The molecule has 0 saturated heterocycles. The summed E-state index contributed by atoms with van der Waals surface area (Å²) in [6.07, 6.45) is 0. The Bertz CT molecular complexity index is 821. The molecule has 0 atom stereocenters. The van der Waals surface area contributed by atoms with Gasteiger partial charge < -0.3 is 19.1 Å². The summed E-state index contributed by atoms with van der Waals surface area (Å²) < 4.78 is 41.4. The number of nitrogens with zero attached hydrogens (tertiary/aromatic N) is 1. The first-order valence-electron chi connectivity index (χ1n) is 8.17. The van der Waals surface area contributed by atoms with Crippen LogP contribution in [-0.2, 0) is 16.4 Å². The van der Waals surface area contributed by atoms with Crippen LogP contribution in [0.25, 0.3) is 0 Å². The molecular formula is C19H25NO5S. The van der Waals surface area contributed by atoms with Crippen molar-refractivity contribution in [2.24, 2.45) is 0 Å². The van der Waals surface area contributed by atoms with Gasteiger partial charge in [0.1, 0.15) is 4.90 Å². The predicted molar refractivity (Wildman–Crippen MR) is 101 cm³/mol. The molecule has 0 heterocycles. The molecule has 0 unspecified atom stereocenters. The first-order chi connectivity index (χ1) is 12.4. The maximum absolute atomic E-state index is 12.8. The Kier molecular flexibility index (Phi) is 6.88. The van der Waals surface area contributed by atoms with Gasteiger partial charge in [-0.25, -0.2) is 8.42 Å². The van der Waals surface area contributed by atoms with Gasteiger partial charge in [-0.15, -0.1) is 0 Å². The monoisotopic (exact) mass is 379 g/mol. The zero-order valence-corrected chi connectivity index (χ0v) is 16.4. The molecule has 0 aliphatic heterocycles. The summed E-state index contributed by atoms with van der Waals surface area (Å²) >= 11 is 0. The number of benzene rings is 2. The highest BCUT2D eigenvalue weighted by Crippen LogP contribution is 2.41. The molecule has 2 aromatic carbocycles. The molecule has 0 bridgehead atoms. The van der Waals surface area contributed by atoms with Gasteiger partial charge in [0.2, 0.25) is 5.75 Å². The van der Waals surface area contributed by atoms with Crippen molar-refractivity contribution in [2.75, 3.05) is 40.7 Å². The van der Waals surface area contributed by atoms with Gasteiger partial charge in [0, 0.05) is 13.1 Å². The van der Waals surface area contributed by atoms with E-state index in [9.17, 15) is 8.42 Å². The van der Waals surface area contributed by atoms with E-state index in [0.717, 1.165) is 5.56 Å². The highest BCUT2D eigenvalue weighted by atomic mass is 32.2. The molecule has 2 aromatic rings. The van der Waals surface area contributed by atoms with Crippen LogP contribution in [0.4, 0.5) is 0 Å². The first-order valence-corrected chi connectivity index (χ1v) is 9.82. The first kappa shape index (κ1) is 20.1. The predicted octanol–water partition coefficient (Wildman–Crippen LogP) is 2.62. The number of ether oxygens (including phenoxy) is 3. The molecular weight excluding hydrogens is 354 g/mol. The fourth-order valence-corrected chi connectivity index (χ4v) is 4.18. The van der Waals surface area contributed by atoms with Crippen molar-refractivity contribution >= 4 is 9.84 Å². The van der Waals surface area contributed by atoms with E-state index >= 15 is 0 Å². The maximum atomic E-state index is 12.8. The molecule has 0 aromatic heterocycles. The largest absolute Gasteiger partial charge is 0.493 e. The normalized spacial score (nSPS) is 11.4. The number of rotatable bonds is 9. The highest BCUT2D eigenvalue weighted by molar-refractivity contribution is 7.91. The molecule has 6 nitrogen and oxygen atoms in total. The van der Waals surface area contributed by atoms with E-state index in [1.54, 1.807) is 6.07 Å². The van der Waals surface area contributed by atoms with Gasteiger partial charge in [-0.05, 0) is 24.7 Å². The summed E-state index contributed by atoms with van der Waals surface area (Å²) in [5, 5.41) is 0. The maximum Gasteiger partial charge on any atom is 0.204 e. The Balaban J connectivity index is 2.17. The molecule has 0 aliphatic carbocycles. The lowest BCUT2D eigenvalue weighted by Crippen LogP contribution is -2.25. The van der Waals surface area contributed by atoms with Crippen molar-refractivity contribution in [1.82, 2.24) is 4.90 Å². The topological polar surface area (TPSA) is 65.1 Å². The summed E-state index contributed by atoms with van der Waals surface area (Å²) in [7, 11) is 2.70. The third kappa shape index (κ3) is 4.68. The third-order valence-electron chi connectivity index (χ3n) is 4.04. The third-order valence-corrected chi connectivity index (χ3v) is 5.75. The lowest BCUT2D eigenvalue weighted by atomic mass is 10.2. The summed E-state index contributed by atoms with van der Waals surface area (Å²) in [5.74, 6) is 0.832. The number of hydrogen-bond acceptors (Lipinski definition) is 6. The number of hydrogen-bond donors (Lipinski definition) is 0. The average molecular weight is 379 g/mol. The van der Waals surface area contributed by atoms with E-state index in [-0.39, 0.29) is 22.1 Å². The lowest BCUT2D eigenvalue weighted by Gasteiger charge is -2.19. The second-order valence-electron chi connectivity index (χ2n) is 5.87. The molecule has 0 aliphatic rings. The van der Waals surface area contributed by atoms with Gasteiger partial charge in [0.05, 0.1) is 27.1 Å². The van der Waals surface area contributed by atoms with Crippen molar-refractivity contribution in [1.29, 1.82) is 0 Å². The van der Waals surface area contributed by atoms with Gasteiger partial charge in [0.25, 0.3) is 0 Å². The standard InChI is InChI=1S/C19H25NO5S/c1-20(14-15-8-6-5-7-9-15)12-13-26(21,22)17-11-10-16(23-2)18(24-3)19(17)25-4/h5-11H,12-14H2,1-4H3. The van der Waals surface area contributed by atoms with Gasteiger partial charge in [-0.1, -0.05) is 30.3 Å². The summed E-state index contributed by atoms with van der Waals surface area (Å²) in [6, 6.07) is 13.0. The number of methoxy groups -OCH3 is 3. The second-order valence-corrected chi connectivity index (χ2v) is 7.95. The quantitative estimate of drug-likeness (QED) is 0.667. The molecule has 7 heteroatoms.